The van der Waals surface area contributed by atoms with Crippen LogP contribution in [0.5, 0.6) is 0 Å². The van der Waals surface area contributed by atoms with E-state index in [4.69, 9.17) is 5.11 Å². The summed E-state index contributed by atoms with van der Waals surface area (Å²) in [5.74, 6) is -5.10. The number of carboxylic acids is 1. The van der Waals surface area contributed by atoms with E-state index in [1.54, 1.807) is 25.1 Å². The molecule has 0 saturated heterocycles. The number of hydrogen-bond acceptors (Lipinski definition) is 4. The van der Waals surface area contributed by atoms with Crippen LogP contribution in [0.2, 0.25) is 0 Å². The first-order valence-electron chi connectivity index (χ1n) is 5.06. The van der Waals surface area contributed by atoms with Crippen molar-refractivity contribution in [2.75, 3.05) is 6.61 Å². The molecule has 0 fully saturated rings. The number of ether oxygens (including phenoxy) is 1. The number of ketones is 1. The summed E-state index contributed by atoms with van der Waals surface area (Å²) in [7, 11) is 0. The second kappa shape index (κ2) is 5.79. The van der Waals surface area contributed by atoms with Crippen LogP contribution in [0.4, 0.5) is 0 Å². The SMILES string of the molecule is CCOC(=O)C(C(=O)O)C(=O)c1ccccc1. The third kappa shape index (κ3) is 3.14. The van der Waals surface area contributed by atoms with Gasteiger partial charge in [0.2, 0.25) is 5.92 Å². The molecule has 1 unspecified atom stereocenters. The first-order chi connectivity index (χ1) is 8.07. The van der Waals surface area contributed by atoms with Gasteiger partial charge in [-0.3, -0.25) is 14.4 Å². The lowest BCUT2D eigenvalue weighted by atomic mass is 9.98. The lowest BCUT2D eigenvalue weighted by Crippen LogP contribution is -2.33. The van der Waals surface area contributed by atoms with E-state index in [1.165, 1.54) is 12.1 Å². The monoisotopic (exact) mass is 236 g/mol. The Morgan fingerprint density at radius 2 is 1.82 bits per heavy atom. The average molecular weight is 236 g/mol. The van der Waals surface area contributed by atoms with Gasteiger partial charge in [-0.1, -0.05) is 30.3 Å². The molecule has 1 N–H and O–H groups in total. The highest BCUT2D eigenvalue weighted by Crippen LogP contribution is 2.11. The molecule has 0 amide bonds. The molecule has 0 spiro atoms. The van der Waals surface area contributed by atoms with Crippen molar-refractivity contribution in [2.24, 2.45) is 5.92 Å². The Kier molecular flexibility index (Phi) is 4.39. The molecule has 0 aliphatic heterocycles. The molecule has 0 saturated carbocycles. The van der Waals surface area contributed by atoms with Crippen molar-refractivity contribution < 1.29 is 24.2 Å². The van der Waals surface area contributed by atoms with Crippen LogP contribution < -0.4 is 0 Å². The standard InChI is InChI=1S/C12H12O5/c1-2-17-12(16)9(11(14)15)10(13)8-6-4-3-5-7-8/h3-7,9H,2H2,1H3,(H,14,15). The molecule has 1 atom stereocenters. The average Bonchev–Trinajstić information content (AvgIpc) is 2.30. The molecule has 0 radical (unpaired) electrons. The summed E-state index contributed by atoms with van der Waals surface area (Å²) in [6.07, 6.45) is 0. The third-order valence-corrected chi connectivity index (χ3v) is 2.09. The zero-order chi connectivity index (χ0) is 12.8. The van der Waals surface area contributed by atoms with E-state index in [1.807, 2.05) is 0 Å². The number of carboxylic acid groups (broad SMARTS) is 1. The Hall–Kier alpha value is -2.17. The Balaban J connectivity index is 2.97. The molecule has 5 heteroatoms. The van der Waals surface area contributed by atoms with Gasteiger partial charge in [-0.2, -0.15) is 0 Å². The number of esters is 1. The number of carbonyl (C=O) groups excluding carboxylic acids is 2. The number of hydrogen-bond donors (Lipinski definition) is 1. The van der Waals surface area contributed by atoms with E-state index >= 15 is 0 Å². The van der Waals surface area contributed by atoms with Crippen molar-refractivity contribution in [3.05, 3.63) is 35.9 Å². The van der Waals surface area contributed by atoms with Gasteiger partial charge in [-0.25, -0.2) is 0 Å². The Bertz CT molecular complexity index is 424. The lowest BCUT2D eigenvalue weighted by Gasteiger charge is -2.09. The molecule has 0 aliphatic rings. The molecule has 0 bridgehead atoms. The highest BCUT2D eigenvalue weighted by molar-refractivity contribution is 6.20. The fourth-order valence-corrected chi connectivity index (χ4v) is 1.31. The maximum Gasteiger partial charge on any atom is 0.328 e. The van der Waals surface area contributed by atoms with Crippen LogP contribution in [-0.4, -0.2) is 29.4 Å². The Labute approximate surface area is 98.0 Å². The second-order valence-corrected chi connectivity index (χ2v) is 3.25. The zero-order valence-electron chi connectivity index (χ0n) is 9.25. The molecule has 90 valence electrons. The molecular weight excluding hydrogens is 224 g/mol. The zero-order valence-corrected chi connectivity index (χ0v) is 9.25. The summed E-state index contributed by atoms with van der Waals surface area (Å²) in [4.78, 5) is 34.1. The molecule has 1 rings (SSSR count). The van der Waals surface area contributed by atoms with Crippen LogP contribution in [0.1, 0.15) is 17.3 Å². The van der Waals surface area contributed by atoms with Crippen molar-refractivity contribution in [1.29, 1.82) is 0 Å². The molecule has 5 nitrogen and oxygen atoms in total. The summed E-state index contributed by atoms with van der Waals surface area (Å²) in [5, 5.41) is 8.88. The maximum atomic E-state index is 11.8. The largest absolute Gasteiger partial charge is 0.480 e. The van der Waals surface area contributed by atoms with E-state index in [0.29, 0.717) is 0 Å². The predicted octanol–water partition coefficient (Wildman–Crippen LogP) is 1.13. The minimum atomic E-state index is -1.79. The summed E-state index contributed by atoms with van der Waals surface area (Å²) in [5.41, 5.74) is 0.174. The third-order valence-electron chi connectivity index (χ3n) is 2.09. The molecular formula is C12H12O5. The lowest BCUT2D eigenvalue weighted by molar-refractivity contribution is -0.155. The first-order valence-corrected chi connectivity index (χ1v) is 5.06. The number of rotatable bonds is 5. The molecule has 17 heavy (non-hydrogen) atoms. The van der Waals surface area contributed by atoms with Gasteiger partial charge in [0, 0.05) is 5.56 Å². The summed E-state index contributed by atoms with van der Waals surface area (Å²) < 4.78 is 4.57. The van der Waals surface area contributed by atoms with Crippen LogP contribution in [0.3, 0.4) is 0 Å². The van der Waals surface area contributed by atoms with Crippen LogP contribution in [0.15, 0.2) is 30.3 Å². The van der Waals surface area contributed by atoms with Crippen molar-refractivity contribution in [3.63, 3.8) is 0 Å². The summed E-state index contributed by atoms with van der Waals surface area (Å²) in [6, 6.07) is 7.79. The van der Waals surface area contributed by atoms with E-state index < -0.39 is 23.6 Å². The van der Waals surface area contributed by atoms with Crippen LogP contribution in [0.25, 0.3) is 0 Å². The van der Waals surface area contributed by atoms with Gasteiger partial charge in [0.25, 0.3) is 0 Å². The first kappa shape index (κ1) is 12.9. The fraction of sp³-hybridized carbons (Fsp3) is 0.250. The fourth-order valence-electron chi connectivity index (χ4n) is 1.31. The van der Waals surface area contributed by atoms with Crippen molar-refractivity contribution in [3.8, 4) is 0 Å². The van der Waals surface area contributed by atoms with Crippen molar-refractivity contribution in [2.45, 2.75) is 6.92 Å². The van der Waals surface area contributed by atoms with E-state index in [0.717, 1.165) is 0 Å². The molecule has 0 aliphatic carbocycles. The normalized spacial score (nSPS) is 11.6. The van der Waals surface area contributed by atoms with Gasteiger partial charge in [-0.15, -0.1) is 0 Å². The van der Waals surface area contributed by atoms with Crippen molar-refractivity contribution in [1.82, 2.24) is 0 Å². The van der Waals surface area contributed by atoms with Gasteiger partial charge in [0.15, 0.2) is 5.78 Å². The van der Waals surface area contributed by atoms with Crippen molar-refractivity contribution >= 4 is 17.7 Å². The highest BCUT2D eigenvalue weighted by atomic mass is 16.5. The van der Waals surface area contributed by atoms with Gasteiger partial charge >= 0.3 is 11.9 Å². The second-order valence-electron chi connectivity index (χ2n) is 3.25. The minimum absolute atomic E-state index is 0.0324. The van der Waals surface area contributed by atoms with Gasteiger partial charge in [0.05, 0.1) is 6.61 Å². The topological polar surface area (TPSA) is 80.7 Å². The van der Waals surface area contributed by atoms with Gasteiger partial charge < -0.3 is 9.84 Å². The predicted molar refractivity (Wildman–Crippen MR) is 58.5 cm³/mol. The number of Topliss-reactive ketones (excluding diaryl/α,β-unsaturated/α-hetero) is 1. The Morgan fingerprint density at radius 3 is 2.29 bits per heavy atom. The highest BCUT2D eigenvalue weighted by Gasteiger charge is 2.35. The van der Waals surface area contributed by atoms with Crippen LogP contribution >= 0.6 is 0 Å². The summed E-state index contributed by atoms with van der Waals surface area (Å²) >= 11 is 0. The minimum Gasteiger partial charge on any atom is -0.480 e. The van der Waals surface area contributed by atoms with E-state index in [2.05, 4.69) is 4.74 Å². The quantitative estimate of drug-likeness (QED) is 0.471. The molecule has 0 aromatic heterocycles. The van der Waals surface area contributed by atoms with E-state index in [9.17, 15) is 14.4 Å². The molecule has 1 aromatic carbocycles. The number of benzene rings is 1. The summed E-state index contributed by atoms with van der Waals surface area (Å²) in [6.45, 7) is 1.58. The van der Waals surface area contributed by atoms with Gasteiger partial charge in [-0.05, 0) is 6.92 Å². The Morgan fingerprint density at radius 1 is 1.24 bits per heavy atom. The smallest absolute Gasteiger partial charge is 0.328 e. The number of aliphatic carboxylic acids is 1. The maximum absolute atomic E-state index is 11.8. The molecule has 0 heterocycles. The number of carbonyl (C=O) groups is 3. The van der Waals surface area contributed by atoms with Crippen LogP contribution in [-0.2, 0) is 14.3 Å². The van der Waals surface area contributed by atoms with Crippen LogP contribution in [0, 0.1) is 5.92 Å². The van der Waals surface area contributed by atoms with Gasteiger partial charge in [0.1, 0.15) is 0 Å². The van der Waals surface area contributed by atoms with E-state index in [-0.39, 0.29) is 12.2 Å². The molecule has 1 aromatic rings.